The summed E-state index contributed by atoms with van der Waals surface area (Å²) in [7, 11) is 4.63. The van der Waals surface area contributed by atoms with E-state index in [1.807, 2.05) is 36.1 Å². The highest BCUT2D eigenvalue weighted by molar-refractivity contribution is 5.94. The van der Waals surface area contributed by atoms with Crippen molar-refractivity contribution in [3.8, 4) is 17.2 Å². The first-order valence-electron chi connectivity index (χ1n) is 8.82. The molecule has 0 aliphatic rings. The topological polar surface area (TPSA) is 60.0 Å². The van der Waals surface area contributed by atoms with Gasteiger partial charge in [0.15, 0.2) is 11.5 Å². The number of carbonyl (C=O) groups is 1. The smallest absolute Gasteiger partial charge is 0.243 e. The summed E-state index contributed by atoms with van der Waals surface area (Å²) in [5, 5.41) is 2.91. The van der Waals surface area contributed by atoms with Crippen LogP contribution >= 0.6 is 0 Å². The van der Waals surface area contributed by atoms with Gasteiger partial charge in [-0.25, -0.2) is 0 Å². The maximum atomic E-state index is 12.7. The third-order valence-electron chi connectivity index (χ3n) is 4.25. The summed E-state index contributed by atoms with van der Waals surface area (Å²) in [5.41, 5.74) is 2.78. The molecule has 2 aromatic carbocycles. The number of rotatable bonds is 8. The summed E-state index contributed by atoms with van der Waals surface area (Å²) in [6, 6.07) is 11.8. The lowest BCUT2D eigenvalue weighted by Gasteiger charge is -2.28. The van der Waals surface area contributed by atoms with Crippen molar-refractivity contribution in [2.75, 3.05) is 38.1 Å². The molecule has 1 amide bonds. The molecule has 2 rings (SSSR count). The maximum Gasteiger partial charge on any atom is 0.243 e. The van der Waals surface area contributed by atoms with Gasteiger partial charge in [0.2, 0.25) is 11.7 Å². The quantitative estimate of drug-likeness (QED) is 0.762. The van der Waals surface area contributed by atoms with E-state index in [0.29, 0.717) is 22.9 Å². The molecule has 0 fully saturated rings. The number of hydrogen-bond donors (Lipinski definition) is 1. The summed E-state index contributed by atoms with van der Waals surface area (Å²) in [5.74, 6) is 1.35. The number of amides is 1. The third kappa shape index (κ3) is 5.06. The molecule has 0 saturated carbocycles. The molecule has 0 radical (unpaired) electrons. The number of hydrogen-bond acceptors (Lipinski definition) is 5. The number of carbonyl (C=O) groups excluding carboxylic acids is 1. The molecule has 0 aliphatic heterocycles. The van der Waals surface area contributed by atoms with Gasteiger partial charge in [-0.1, -0.05) is 17.7 Å². The second-order valence-corrected chi connectivity index (χ2v) is 6.52. The molecule has 2 aromatic rings. The standard InChI is InChI=1S/C21H28N2O4/c1-14(2)23(17-9-7-15(3)8-10-17)13-20(24)22-16-11-18(25-4)21(27-6)19(12-16)26-5/h7-12,14H,13H2,1-6H3,(H,22,24). The van der Waals surface area contributed by atoms with Gasteiger partial charge in [-0.2, -0.15) is 0 Å². The fourth-order valence-electron chi connectivity index (χ4n) is 2.82. The molecular formula is C21H28N2O4. The summed E-state index contributed by atoms with van der Waals surface area (Å²) < 4.78 is 16.0. The highest BCUT2D eigenvalue weighted by atomic mass is 16.5. The number of nitrogens with one attached hydrogen (secondary N) is 1. The highest BCUT2D eigenvalue weighted by Gasteiger charge is 2.17. The molecule has 0 saturated heterocycles. The molecule has 0 atom stereocenters. The summed E-state index contributed by atoms with van der Waals surface area (Å²) in [4.78, 5) is 14.7. The minimum atomic E-state index is -0.126. The van der Waals surface area contributed by atoms with E-state index in [9.17, 15) is 4.79 Å². The molecule has 0 bridgehead atoms. The third-order valence-corrected chi connectivity index (χ3v) is 4.25. The monoisotopic (exact) mass is 372 g/mol. The number of nitrogens with zero attached hydrogens (tertiary/aromatic N) is 1. The summed E-state index contributed by atoms with van der Waals surface area (Å²) >= 11 is 0. The second kappa shape index (κ2) is 9.16. The molecular weight excluding hydrogens is 344 g/mol. The largest absolute Gasteiger partial charge is 0.493 e. The molecule has 0 spiro atoms. The van der Waals surface area contributed by atoms with E-state index in [-0.39, 0.29) is 18.5 Å². The van der Waals surface area contributed by atoms with Crippen LogP contribution in [0.2, 0.25) is 0 Å². The van der Waals surface area contributed by atoms with Crippen molar-refractivity contribution >= 4 is 17.3 Å². The minimum Gasteiger partial charge on any atom is -0.493 e. The lowest BCUT2D eigenvalue weighted by molar-refractivity contribution is -0.115. The highest BCUT2D eigenvalue weighted by Crippen LogP contribution is 2.39. The number of aryl methyl sites for hydroxylation is 1. The Morgan fingerprint density at radius 2 is 1.56 bits per heavy atom. The second-order valence-electron chi connectivity index (χ2n) is 6.52. The summed E-state index contributed by atoms with van der Waals surface area (Å²) in [6.07, 6.45) is 0. The van der Waals surface area contributed by atoms with E-state index in [0.717, 1.165) is 5.69 Å². The van der Waals surface area contributed by atoms with Crippen molar-refractivity contribution < 1.29 is 19.0 Å². The molecule has 6 heteroatoms. The van der Waals surface area contributed by atoms with Gasteiger partial charge >= 0.3 is 0 Å². The Morgan fingerprint density at radius 3 is 2.00 bits per heavy atom. The first-order chi connectivity index (χ1) is 12.9. The molecule has 1 N–H and O–H groups in total. The van der Waals surface area contributed by atoms with Crippen molar-refractivity contribution in [3.05, 3.63) is 42.0 Å². The van der Waals surface area contributed by atoms with Gasteiger partial charge in [0, 0.05) is 29.5 Å². The molecule has 27 heavy (non-hydrogen) atoms. The molecule has 0 aromatic heterocycles. The zero-order valence-corrected chi connectivity index (χ0v) is 16.8. The SMILES string of the molecule is COc1cc(NC(=O)CN(c2ccc(C)cc2)C(C)C)cc(OC)c1OC. The van der Waals surface area contributed by atoms with Crippen LogP contribution in [0, 0.1) is 6.92 Å². The van der Waals surface area contributed by atoms with Gasteiger partial charge in [-0.3, -0.25) is 4.79 Å². The van der Waals surface area contributed by atoms with E-state index >= 15 is 0 Å². The molecule has 6 nitrogen and oxygen atoms in total. The van der Waals surface area contributed by atoms with Gasteiger partial charge in [-0.15, -0.1) is 0 Å². The Bertz CT molecular complexity index is 747. The van der Waals surface area contributed by atoms with Crippen molar-refractivity contribution in [1.82, 2.24) is 0 Å². The predicted octanol–water partition coefficient (Wildman–Crippen LogP) is 3.87. The van der Waals surface area contributed by atoms with Gasteiger partial charge in [0.05, 0.1) is 27.9 Å². The van der Waals surface area contributed by atoms with Crippen LogP contribution in [0.5, 0.6) is 17.2 Å². The van der Waals surface area contributed by atoms with Crippen LogP contribution in [0.25, 0.3) is 0 Å². The zero-order valence-electron chi connectivity index (χ0n) is 16.8. The average Bonchev–Trinajstić information content (AvgIpc) is 2.65. The van der Waals surface area contributed by atoms with Crippen LogP contribution in [0.3, 0.4) is 0 Å². The fourth-order valence-corrected chi connectivity index (χ4v) is 2.82. The summed E-state index contributed by atoms with van der Waals surface area (Å²) in [6.45, 7) is 6.40. The molecule has 0 heterocycles. The minimum absolute atomic E-state index is 0.126. The Balaban J connectivity index is 2.19. The predicted molar refractivity (Wildman–Crippen MR) is 108 cm³/mol. The van der Waals surface area contributed by atoms with E-state index in [4.69, 9.17) is 14.2 Å². The van der Waals surface area contributed by atoms with Crippen LogP contribution in [-0.2, 0) is 4.79 Å². The van der Waals surface area contributed by atoms with E-state index in [1.54, 1.807) is 33.5 Å². The van der Waals surface area contributed by atoms with E-state index < -0.39 is 0 Å². The van der Waals surface area contributed by atoms with Crippen molar-refractivity contribution in [2.24, 2.45) is 0 Å². The molecule has 146 valence electrons. The maximum absolute atomic E-state index is 12.7. The Morgan fingerprint density at radius 1 is 1.00 bits per heavy atom. The van der Waals surface area contributed by atoms with Gasteiger partial charge in [-0.05, 0) is 32.9 Å². The van der Waals surface area contributed by atoms with Crippen molar-refractivity contribution in [1.29, 1.82) is 0 Å². The number of benzene rings is 2. The first kappa shape index (κ1) is 20.4. The lowest BCUT2D eigenvalue weighted by Crippen LogP contribution is -2.38. The number of anilines is 2. The van der Waals surface area contributed by atoms with Gasteiger partial charge in [0.1, 0.15) is 0 Å². The van der Waals surface area contributed by atoms with Crippen LogP contribution in [0.4, 0.5) is 11.4 Å². The lowest BCUT2D eigenvalue weighted by atomic mass is 10.2. The van der Waals surface area contributed by atoms with Crippen molar-refractivity contribution in [3.63, 3.8) is 0 Å². The molecule has 0 unspecified atom stereocenters. The Hall–Kier alpha value is -2.89. The van der Waals surface area contributed by atoms with Crippen LogP contribution in [0.1, 0.15) is 19.4 Å². The Labute approximate surface area is 161 Å². The van der Waals surface area contributed by atoms with Crippen LogP contribution < -0.4 is 24.4 Å². The Kier molecular flexibility index (Phi) is 6.93. The van der Waals surface area contributed by atoms with Gasteiger partial charge < -0.3 is 24.4 Å². The van der Waals surface area contributed by atoms with Crippen LogP contribution in [-0.4, -0.2) is 39.8 Å². The molecule has 0 aliphatic carbocycles. The van der Waals surface area contributed by atoms with Crippen molar-refractivity contribution in [2.45, 2.75) is 26.8 Å². The number of methoxy groups -OCH3 is 3. The first-order valence-corrected chi connectivity index (χ1v) is 8.82. The normalized spacial score (nSPS) is 10.5. The fraction of sp³-hybridized carbons (Fsp3) is 0.381. The van der Waals surface area contributed by atoms with Gasteiger partial charge in [0.25, 0.3) is 0 Å². The van der Waals surface area contributed by atoms with E-state index in [2.05, 4.69) is 19.2 Å². The number of ether oxygens (including phenoxy) is 3. The zero-order chi connectivity index (χ0) is 20.0. The average molecular weight is 372 g/mol. The van der Waals surface area contributed by atoms with E-state index in [1.165, 1.54) is 5.56 Å². The van der Waals surface area contributed by atoms with Crippen LogP contribution in [0.15, 0.2) is 36.4 Å².